The van der Waals surface area contributed by atoms with Gasteiger partial charge in [0.15, 0.2) is 0 Å². The van der Waals surface area contributed by atoms with E-state index in [9.17, 15) is 9.59 Å². The van der Waals surface area contributed by atoms with Gasteiger partial charge in [-0.15, -0.1) is 0 Å². The van der Waals surface area contributed by atoms with Gasteiger partial charge < -0.3 is 10.1 Å². The number of unbranched alkanes of at least 4 members (excludes halogenated alkanes) is 15. The molecule has 0 aliphatic carbocycles. The van der Waals surface area contributed by atoms with Crippen molar-refractivity contribution in [2.45, 2.75) is 135 Å². The maximum atomic E-state index is 11.7. The molecular formula is C26H47NO3. The maximum absolute atomic E-state index is 11.7. The fourth-order valence-electron chi connectivity index (χ4n) is 3.94. The molecule has 0 aromatic rings. The van der Waals surface area contributed by atoms with Crippen LogP contribution in [-0.2, 0) is 14.3 Å². The highest BCUT2D eigenvalue weighted by Crippen LogP contribution is 2.13. The quantitative estimate of drug-likeness (QED) is 0.131. The van der Waals surface area contributed by atoms with Crippen LogP contribution in [0.4, 0.5) is 0 Å². The Labute approximate surface area is 185 Å². The first-order valence-corrected chi connectivity index (χ1v) is 12.8. The van der Waals surface area contributed by atoms with E-state index in [0.717, 1.165) is 12.8 Å². The molecule has 0 aromatic carbocycles. The standard InChI is InChI=1S/C26H47NO3/c1-2-3-4-5-6-7-8-9-10-11-12-13-14-15-16-17-18-19-20-23-30-26(29)24-21-22-25(28)27-24/h8-9,24H,2-7,10-23H2,1H3,(H,27,28)/b9-8+/t24-/m0/s1. The Balaban J connectivity index is 1.72. The van der Waals surface area contributed by atoms with Crippen LogP contribution in [0.1, 0.15) is 129 Å². The molecule has 1 rings (SSSR count). The summed E-state index contributed by atoms with van der Waals surface area (Å²) in [5.74, 6) is -0.309. The van der Waals surface area contributed by atoms with Gasteiger partial charge in [0.1, 0.15) is 6.04 Å². The maximum Gasteiger partial charge on any atom is 0.328 e. The smallest absolute Gasteiger partial charge is 0.328 e. The van der Waals surface area contributed by atoms with Crippen molar-refractivity contribution in [1.29, 1.82) is 0 Å². The second-order valence-corrected chi connectivity index (χ2v) is 8.82. The number of rotatable bonds is 20. The van der Waals surface area contributed by atoms with Crippen LogP contribution in [0.2, 0.25) is 0 Å². The first-order chi connectivity index (χ1) is 14.7. The predicted molar refractivity (Wildman–Crippen MR) is 125 cm³/mol. The Morgan fingerprint density at radius 3 is 1.83 bits per heavy atom. The normalized spacial score (nSPS) is 16.3. The lowest BCUT2D eigenvalue weighted by atomic mass is 10.1. The van der Waals surface area contributed by atoms with Crippen LogP contribution in [0.3, 0.4) is 0 Å². The molecule has 4 nitrogen and oxygen atoms in total. The van der Waals surface area contributed by atoms with Crippen molar-refractivity contribution in [3.8, 4) is 0 Å². The number of nitrogens with one attached hydrogen (secondary N) is 1. The zero-order chi connectivity index (χ0) is 21.7. The van der Waals surface area contributed by atoms with Gasteiger partial charge in [-0.05, 0) is 38.5 Å². The number of amides is 1. The molecule has 1 aliphatic heterocycles. The summed E-state index contributed by atoms with van der Waals surface area (Å²) < 4.78 is 5.25. The minimum atomic E-state index is -0.408. The van der Waals surface area contributed by atoms with E-state index in [0.29, 0.717) is 19.4 Å². The van der Waals surface area contributed by atoms with Gasteiger partial charge in [-0.2, -0.15) is 0 Å². The van der Waals surface area contributed by atoms with Crippen molar-refractivity contribution in [1.82, 2.24) is 5.32 Å². The fraction of sp³-hybridized carbons (Fsp3) is 0.846. The molecule has 0 radical (unpaired) electrons. The lowest BCUT2D eigenvalue weighted by Gasteiger charge is -2.09. The summed E-state index contributed by atoms with van der Waals surface area (Å²) in [6, 6.07) is -0.408. The number of ether oxygens (including phenoxy) is 1. The third-order valence-corrected chi connectivity index (χ3v) is 5.93. The van der Waals surface area contributed by atoms with E-state index in [1.54, 1.807) is 0 Å². The minimum Gasteiger partial charge on any atom is -0.464 e. The molecule has 30 heavy (non-hydrogen) atoms. The van der Waals surface area contributed by atoms with Gasteiger partial charge in [-0.25, -0.2) is 4.79 Å². The van der Waals surface area contributed by atoms with E-state index < -0.39 is 6.04 Å². The molecule has 4 heteroatoms. The second-order valence-electron chi connectivity index (χ2n) is 8.82. The van der Waals surface area contributed by atoms with Crippen LogP contribution < -0.4 is 5.32 Å². The van der Waals surface area contributed by atoms with E-state index in [2.05, 4.69) is 24.4 Å². The number of allylic oxidation sites excluding steroid dienone is 2. The van der Waals surface area contributed by atoms with Crippen LogP contribution >= 0.6 is 0 Å². The Morgan fingerprint density at radius 2 is 1.33 bits per heavy atom. The van der Waals surface area contributed by atoms with E-state index in [-0.39, 0.29) is 11.9 Å². The number of hydrogen-bond donors (Lipinski definition) is 1. The van der Waals surface area contributed by atoms with Gasteiger partial charge in [0.05, 0.1) is 6.61 Å². The highest BCUT2D eigenvalue weighted by Gasteiger charge is 2.28. The van der Waals surface area contributed by atoms with Gasteiger partial charge in [0, 0.05) is 6.42 Å². The van der Waals surface area contributed by atoms with E-state index in [4.69, 9.17) is 4.74 Å². The van der Waals surface area contributed by atoms with Crippen LogP contribution in [0.5, 0.6) is 0 Å². The van der Waals surface area contributed by atoms with Crippen LogP contribution in [0.25, 0.3) is 0 Å². The molecular weight excluding hydrogens is 374 g/mol. The molecule has 0 spiro atoms. The Kier molecular flexibility index (Phi) is 17.5. The van der Waals surface area contributed by atoms with E-state index in [1.807, 2.05) is 0 Å². The average molecular weight is 422 g/mol. The summed E-state index contributed by atoms with van der Waals surface area (Å²) in [5.41, 5.74) is 0. The van der Waals surface area contributed by atoms with Crippen LogP contribution in [0.15, 0.2) is 12.2 Å². The van der Waals surface area contributed by atoms with Crippen molar-refractivity contribution in [2.24, 2.45) is 0 Å². The van der Waals surface area contributed by atoms with Gasteiger partial charge in [0.25, 0.3) is 0 Å². The van der Waals surface area contributed by atoms with E-state index >= 15 is 0 Å². The van der Waals surface area contributed by atoms with Crippen molar-refractivity contribution >= 4 is 11.9 Å². The second kappa shape index (κ2) is 19.6. The van der Waals surface area contributed by atoms with Gasteiger partial charge in [-0.1, -0.05) is 96.1 Å². The number of esters is 1. The fourth-order valence-corrected chi connectivity index (χ4v) is 3.94. The summed E-state index contributed by atoms with van der Waals surface area (Å²) in [6.07, 6.45) is 27.9. The summed E-state index contributed by atoms with van der Waals surface area (Å²) in [6.45, 7) is 2.75. The Bertz CT molecular complexity index is 461. The third-order valence-electron chi connectivity index (χ3n) is 5.93. The summed E-state index contributed by atoms with van der Waals surface area (Å²) in [5, 5.41) is 2.65. The number of carbonyl (C=O) groups excluding carboxylic acids is 2. The first-order valence-electron chi connectivity index (χ1n) is 12.8. The van der Waals surface area contributed by atoms with Crippen molar-refractivity contribution < 1.29 is 14.3 Å². The number of hydrogen-bond acceptors (Lipinski definition) is 3. The highest BCUT2D eigenvalue weighted by molar-refractivity contribution is 5.87. The topological polar surface area (TPSA) is 55.4 Å². The molecule has 1 heterocycles. The Morgan fingerprint density at radius 1 is 0.833 bits per heavy atom. The first kappa shape index (κ1) is 26.7. The molecule has 1 N–H and O–H groups in total. The summed E-state index contributed by atoms with van der Waals surface area (Å²) in [7, 11) is 0. The van der Waals surface area contributed by atoms with Crippen molar-refractivity contribution in [2.75, 3.05) is 6.61 Å². The van der Waals surface area contributed by atoms with Gasteiger partial charge in [0.2, 0.25) is 5.91 Å². The zero-order valence-electron chi connectivity index (χ0n) is 19.6. The largest absolute Gasteiger partial charge is 0.464 e. The highest BCUT2D eigenvalue weighted by atomic mass is 16.5. The SMILES string of the molecule is CCCCCCC/C=C/CCCCCCCCCCCCOC(=O)[C@@H]1CCC(=O)N1. The molecule has 1 fully saturated rings. The molecule has 0 bridgehead atoms. The van der Waals surface area contributed by atoms with E-state index in [1.165, 1.54) is 96.3 Å². The predicted octanol–water partition coefficient (Wildman–Crippen LogP) is 7.02. The monoisotopic (exact) mass is 421 g/mol. The van der Waals surface area contributed by atoms with Crippen LogP contribution in [0, 0.1) is 0 Å². The van der Waals surface area contributed by atoms with Crippen molar-refractivity contribution in [3.63, 3.8) is 0 Å². The molecule has 174 valence electrons. The average Bonchev–Trinajstić information content (AvgIpc) is 3.18. The minimum absolute atomic E-state index is 0.0442. The zero-order valence-corrected chi connectivity index (χ0v) is 19.6. The molecule has 1 amide bonds. The molecule has 0 aromatic heterocycles. The van der Waals surface area contributed by atoms with Gasteiger partial charge in [-0.3, -0.25) is 4.79 Å². The summed E-state index contributed by atoms with van der Waals surface area (Å²) >= 11 is 0. The van der Waals surface area contributed by atoms with Crippen molar-refractivity contribution in [3.05, 3.63) is 12.2 Å². The molecule has 0 unspecified atom stereocenters. The van der Waals surface area contributed by atoms with Crippen LogP contribution in [-0.4, -0.2) is 24.5 Å². The molecule has 1 saturated heterocycles. The lowest BCUT2D eigenvalue weighted by molar-refractivity contribution is -0.146. The lowest BCUT2D eigenvalue weighted by Crippen LogP contribution is -2.34. The molecule has 1 aliphatic rings. The molecule has 0 saturated carbocycles. The van der Waals surface area contributed by atoms with Gasteiger partial charge >= 0.3 is 5.97 Å². The molecule has 1 atom stereocenters. The number of carbonyl (C=O) groups is 2. The third kappa shape index (κ3) is 15.5. The summed E-state index contributed by atoms with van der Waals surface area (Å²) in [4.78, 5) is 22.8. The Hall–Kier alpha value is -1.32.